The van der Waals surface area contributed by atoms with E-state index in [4.69, 9.17) is 4.74 Å². The van der Waals surface area contributed by atoms with E-state index in [2.05, 4.69) is 9.97 Å². The Bertz CT molecular complexity index is 305. The summed E-state index contributed by atoms with van der Waals surface area (Å²) in [6.45, 7) is 2.21. The summed E-state index contributed by atoms with van der Waals surface area (Å²) in [6.07, 6.45) is 0. The molecule has 1 aromatic rings. The number of hydrogen-bond acceptors (Lipinski definition) is 4. The van der Waals surface area contributed by atoms with E-state index in [1.807, 2.05) is 19.0 Å². The van der Waals surface area contributed by atoms with E-state index in [1.165, 1.54) is 7.11 Å². The minimum Gasteiger partial charge on any atom is -0.490 e. The smallest absolute Gasteiger partial charge is 0.258 e. The Kier molecular flexibility index (Phi) is 3.35. The van der Waals surface area contributed by atoms with Crippen molar-refractivity contribution in [1.82, 2.24) is 14.9 Å². The number of methoxy groups -OCH3 is 1. The van der Waals surface area contributed by atoms with Gasteiger partial charge in [0.25, 0.3) is 5.95 Å². The van der Waals surface area contributed by atoms with Crippen LogP contribution in [0.1, 0.15) is 11.5 Å². The normalized spacial score (nSPS) is 10.7. The summed E-state index contributed by atoms with van der Waals surface area (Å²) in [4.78, 5) is 9.70. The maximum absolute atomic E-state index is 13.3. The van der Waals surface area contributed by atoms with Gasteiger partial charge in [-0.2, -0.15) is 9.37 Å². The number of ether oxygens (including phenoxy) is 1. The lowest BCUT2D eigenvalue weighted by Crippen LogP contribution is -2.15. The predicted molar refractivity (Wildman–Crippen MR) is 50.7 cm³/mol. The number of aromatic nitrogens is 2. The lowest BCUT2D eigenvalue weighted by atomic mass is 10.4. The van der Waals surface area contributed by atoms with Gasteiger partial charge in [-0.1, -0.05) is 0 Å². The Morgan fingerprint density at radius 2 is 2.00 bits per heavy atom. The standard InChI is InChI=1S/C9H14FN3O/c1-6-8(14-4)9(10)12-7(11-6)5-13(2)3/h5H2,1-4H3. The van der Waals surface area contributed by atoms with Gasteiger partial charge >= 0.3 is 0 Å². The van der Waals surface area contributed by atoms with Crippen LogP contribution in [0.3, 0.4) is 0 Å². The van der Waals surface area contributed by atoms with Crippen molar-refractivity contribution in [1.29, 1.82) is 0 Å². The number of hydrogen-bond donors (Lipinski definition) is 0. The first kappa shape index (κ1) is 10.8. The fourth-order valence-electron chi connectivity index (χ4n) is 1.17. The van der Waals surface area contributed by atoms with E-state index in [9.17, 15) is 4.39 Å². The van der Waals surface area contributed by atoms with Gasteiger partial charge in [-0.3, -0.25) is 0 Å². The highest BCUT2D eigenvalue weighted by molar-refractivity contribution is 5.24. The van der Waals surface area contributed by atoms with Gasteiger partial charge < -0.3 is 9.64 Å². The van der Waals surface area contributed by atoms with Crippen LogP contribution in [0.25, 0.3) is 0 Å². The lowest BCUT2D eigenvalue weighted by Gasteiger charge is -2.10. The van der Waals surface area contributed by atoms with E-state index >= 15 is 0 Å². The van der Waals surface area contributed by atoms with E-state index in [-0.39, 0.29) is 5.75 Å². The van der Waals surface area contributed by atoms with Crippen molar-refractivity contribution in [2.75, 3.05) is 21.2 Å². The summed E-state index contributed by atoms with van der Waals surface area (Å²) >= 11 is 0. The van der Waals surface area contributed by atoms with Crippen molar-refractivity contribution in [2.45, 2.75) is 13.5 Å². The van der Waals surface area contributed by atoms with Crippen LogP contribution < -0.4 is 4.74 Å². The highest BCUT2D eigenvalue weighted by Gasteiger charge is 2.11. The van der Waals surface area contributed by atoms with E-state index < -0.39 is 5.95 Å². The zero-order valence-corrected chi connectivity index (χ0v) is 8.83. The molecule has 0 bridgehead atoms. The van der Waals surface area contributed by atoms with Gasteiger partial charge in [0.1, 0.15) is 5.82 Å². The topological polar surface area (TPSA) is 38.2 Å². The summed E-state index contributed by atoms with van der Waals surface area (Å²) in [5, 5.41) is 0. The Morgan fingerprint density at radius 1 is 1.36 bits per heavy atom. The van der Waals surface area contributed by atoms with Crippen LogP contribution in [0.4, 0.5) is 4.39 Å². The Morgan fingerprint density at radius 3 is 2.43 bits per heavy atom. The molecule has 0 saturated carbocycles. The third-order valence-corrected chi connectivity index (χ3v) is 1.70. The molecule has 0 saturated heterocycles. The van der Waals surface area contributed by atoms with Gasteiger partial charge in [-0.15, -0.1) is 0 Å². The van der Waals surface area contributed by atoms with Crippen molar-refractivity contribution in [3.63, 3.8) is 0 Å². The Hall–Kier alpha value is -1.23. The summed E-state index contributed by atoms with van der Waals surface area (Å²) in [5.41, 5.74) is 0.525. The molecule has 0 aliphatic rings. The molecule has 1 heterocycles. The molecule has 4 nitrogen and oxygen atoms in total. The SMILES string of the molecule is COc1c(C)nc(CN(C)C)nc1F. The van der Waals surface area contributed by atoms with Crippen molar-refractivity contribution in [2.24, 2.45) is 0 Å². The van der Waals surface area contributed by atoms with E-state index in [0.29, 0.717) is 18.1 Å². The van der Waals surface area contributed by atoms with Crippen molar-refractivity contribution in [3.8, 4) is 5.75 Å². The molecular formula is C9H14FN3O. The van der Waals surface area contributed by atoms with Gasteiger partial charge in [0.15, 0.2) is 5.75 Å². The molecule has 78 valence electrons. The second-order valence-electron chi connectivity index (χ2n) is 3.29. The molecule has 0 aliphatic carbocycles. The van der Waals surface area contributed by atoms with Crippen LogP contribution in [0, 0.1) is 12.9 Å². The predicted octanol–water partition coefficient (Wildman–Crippen LogP) is 0.994. The molecule has 0 aromatic carbocycles. The van der Waals surface area contributed by atoms with Crippen molar-refractivity contribution >= 4 is 0 Å². The Balaban J connectivity index is 3.01. The van der Waals surface area contributed by atoms with Crippen molar-refractivity contribution in [3.05, 3.63) is 17.5 Å². The minimum atomic E-state index is -0.600. The first-order chi connectivity index (χ1) is 6.54. The van der Waals surface area contributed by atoms with Crippen LogP contribution in [-0.2, 0) is 6.54 Å². The molecule has 0 fully saturated rings. The van der Waals surface area contributed by atoms with Crippen LogP contribution in [-0.4, -0.2) is 36.1 Å². The zero-order chi connectivity index (χ0) is 10.7. The molecule has 0 N–H and O–H groups in total. The molecule has 0 spiro atoms. The highest BCUT2D eigenvalue weighted by Crippen LogP contribution is 2.18. The van der Waals surface area contributed by atoms with E-state index in [1.54, 1.807) is 6.92 Å². The fourth-order valence-corrected chi connectivity index (χ4v) is 1.17. The number of halogens is 1. The summed E-state index contributed by atoms with van der Waals surface area (Å²) in [6, 6.07) is 0. The Labute approximate surface area is 82.7 Å². The van der Waals surface area contributed by atoms with Crippen LogP contribution in [0.2, 0.25) is 0 Å². The van der Waals surface area contributed by atoms with Crippen LogP contribution in [0.5, 0.6) is 5.75 Å². The maximum Gasteiger partial charge on any atom is 0.258 e. The van der Waals surface area contributed by atoms with Gasteiger partial charge in [0, 0.05) is 0 Å². The fraction of sp³-hybridized carbons (Fsp3) is 0.556. The minimum absolute atomic E-state index is 0.118. The molecule has 1 aromatic heterocycles. The summed E-state index contributed by atoms with van der Waals surface area (Å²) in [5.74, 6) is -0.0184. The van der Waals surface area contributed by atoms with E-state index in [0.717, 1.165) is 0 Å². The molecule has 0 radical (unpaired) electrons. The van der Waals surface area contributed by atoms with Crippen LogP contribution >= 0.6 is 0 Å². The van der Waals surface area contributed by atoms with Gasteiger partial charge in [-0.05, 0) is 21.0 Å². The van der Waals surface area contributed by atoms with Crippen LogP contribution in [0.15, 0.2) is 0 Å². The zero-order valence-electron chi connectivity index (χ0n) is 8.83. The maximum atomic E-state index is 13.3. The summed E-state index contributed by atoms with van der Waals surface area (Å²) in [7, 11) is 5.15. The monoisotopic (exact) mass is 199 g/mol. The lowest BCUT2D eigenvalue weighted by molar-refractivity contribution is 0.355. The number of rotatable bonds is 3. The van der Waals surface area contributed by atoms with Gasteiger partial charge in [-0.25, -0.2) is 4.98 Å². The molecule has 0 aliphatic heterocycles. The first-order valence-corrected chi connectivity index (χ1v) is 4.26. The quantitative estimate of drug-likeness (QED) is 0.680. The van der Waals surface area contributed by atoms with Gasteiger partial charge in [0.05, 0.1) is 19.3 Å². The molecule has 5 heteroatoms. The second kappa shape index (κ2) is 4.32. The molecule has 0 amide bonds. The third kappa shape index (κ3) is 2.38. The van der Waals surface area contributed by atoms with Gasteiger partial charge in [0.2, 0.25) is 0 Å². The average Bonchev–Trinajstić information content (AvgIpc) is 2.01. The average molecular weight is 199 g/mol. The molecule has 0 atom stereocenters. The number of aryl methyl sites for hydroxylation is 1. The number of nitrogens with zero attached hydrogens (tertiary/aromatic N) is 3. The molecule has 14 heavy (non-hydrogen) atoms. The van der Waals surface area contributed by atoms with Crippen molar-refractivity contribution < 1.29 is 9.13 Å². The first-order valence-electron chi connectivity index (χ1n) is 4.26. The largest absolute Gasteiger partial charge is 0.490 e. The third-order valence-electron chi connectivity index (χ3n) is 1.70. The summed E-state index contributed by atoms with van der Waals surface area (Å²) < 4.78 is 18.1. The molecular weight excluding hydrogens is 185 g/mol. The molecule has 1 rings (SSSR count). The second-order valence-corrected chi connectivity index (χ2v) is 3.29. The molecule has 0 unspecified atom stereocenters. The highest BCUT2D eigenvalue weighted by atomic mass is 19.1.